The van der Waals surface area contributed by atoms with Crippen LogP contribution in [0.4, 0.5) is 4.79 Å². The van der Waals surface area contributed by atoms with Gasteiger partial charge < -0.3 is 20.4 Å². The Labute approximate surface area is 126 Å². The lowest BCUT2D eigenvalue weighted by molar-refractivity contribution is 0.0691. The molecule has 0 bridgehead atoms. The zero-order valence-electron chi connectivity index (χ0n) is 11.6. The number of rotatable bonds is 7. The molecule has 7 nitrogen and oxygen atoms in total. The maximum absolute atomic E-state index is 12.2. The Hall–Kier alpha value is -1.67. The predicted octanol–water partition coefficient (Wildman–Crippen LogP) is 1.29. The second kappa shape index (κ2) is 7.37. The van der Waals surface area contributed by atoms with Crippen LogP contribution in [0.2, 0.25) is 0 Å². The molecule has 0 unspecified atom stereocenters. The van der Waals surface area contributed by atoms with Gasteiger partial charge in [-0.05, 0) is 25.7 Å². The normalized spacial score (nSPS) is 14.5. The lowest BCUT2D eigenvalue weighted by atomic mass is 9.91. The zero-order valence-corrected chi connectivity index (χ0v) is 12.4. The fourth-order valence-corrected chi connectivity index (χ4v) is 2.84. The standard InChI is InChI=1S/C13H19N3O4S/c17-6-2-5-16(9-3-1-4-9)13(20)14-7-11-15-10(8-21-11)12(18)19/h8-9,17H,1-7H2,(H,14,20)(H,18,19). The van der Waals surface area contributed by atoms with E-state index >= 15 is 0 Å². The highest BCUT2D eigenvalue weighted by molar-refractivity contribution is 7.09. The summed E-state index contributed by atoms with van der Waals surface area (Å²) < 4.78 is 0. The SMILES string of the molecule is O=C(O)c1csc(CNC(=O)N(CCCO)C2CCC2)n1. The average molecular weight is 313 g/mol. The van der Waals surface area contributed by atoms with Crippen molar-refractivity contribution < 1.29 is 19.8 Å². The molecule has 1 aromatic rings. The molecule has 1 aliphatic carbocycles. The lowest BCUT2D eigenvalue weighted by Gasteiger charge is -2.37. The summed E-state index contributed by atoms with van der Waals surface area (Å²) >= 11 is 1.21. The number of nitrogens with one attached hydrogen (secondary N) is 1. The minimum Gasteiger partial charge on any atom is -0.476 e. The molecule has 2 rings (SSSR count). The summed E-state index contributed by atoms with van der Waals surface area (Å²) in [6.45, 7) is 0.815. The molecule has 1 saturated carbocycles. The molecule has 1 heterocycles. The zero-order chi connectivity index (χ0) is 15.2. The number of amides is 2. The smallest absolute Gasteiger partial charge is 0.355 e. The van der Waals surface area contributed by atoms with Gasteiger partial charge in [-0.3, -0.25) is 0 Å². The van der Waals surface area contributed by atoms with E-state index in [9.17, 15) is 9.59 Å². The maximum atomic E-state index is 12.2. The molecule has 8 heteroatoms. The number of aliphatic hydroxyl groups excluding tert-OH is 1. The largest absolute Gasteiger partial charge is 0.476 e. The molecule has 0 saturated heterocycles. The molecule has 116 valence electrons. The van der Waals surface area contributed by atoms with Crippen LogP contribution in [-0.2, 0) is 6.54 Å². The van der Waals surface area contributed by atoms with E-state index in [1.54, 1.807) is 4.90 Å². The fourth-order valence-electron chi connectivity index (χ4n) is 2.13. The van der Waals surface area contributed by atoms with Crippen molar-refractivity contribution in [2.24, 2.45) is 0 Å². The number of aliphatic hydroxyl groups is 1. The summed E-state index contributed by atoms with van der Waals surface area (Å²) in [7, 11) is 0. The first kappa shape index (κ1) is 15.7. The Morgan fingerprint density at radius 1 is 1.48 bits per heavy atom. The molecule has 0 atom stereocenters. The van der Waals surface area contributed by atoms with Gasteiger partial charge in [0.05, 0.1) is 6.54 Å². The first-order valence-electron chi connectivity index (χ1n) is 6.95. The minimum atomic E-state index is -1.07. The summed E-state index contributed by atoms with van der Waals surface area (Å²) in [4.78, 5) is 28.6. The van der Waals surface area contributed by atoms with Crippen molar-refractivity contribution in [3.8, 4) is 0 Å². The molecule has 2 amide bonds. The highest BCUT2D eigenvalue weighted by atomic mass is 32.1. The van der Waals surface area contributed by atoms with E-state index in [1.807, 2.05) is 0 Å². The van der Waals surface area contributed by atoms with Crippen LogP contribution in [0, 0.1) is 0 Å². The Morgan fingerprint density at radius 2 is 2.24 bits per heavy atom. The number of thiazole rings is 1. The van der Waals surface area contributed by atoms with Crippen molar-refractivity contribution in [1.82, 2.24) is 15.2 Å². The Morgan fingerprint density at radius 3 is 2.76 bits per heavy atom. The number of hydrogen-bond donors (Lipinski definition) is 3. The fraction of sp³-hybridized carbons (Fsp3) is 0.615. The van der Waals surface area contributed by atoms with Crippen LogP contribution in [0.3, 0.4) is 0 Å². The molecule has 0 spiro atoms. The van der Waals surface area contributed by atoms with Crippen molar-refractivity contribution in [1.29, 1.82) is 0 Å². The van der Waals surface area contributed by atoms with Crippen LogP contribution in [0.1, 0.15) is 41.2 Å². The van der Waals surface area contributed by atoms with Crippen LogP contribution in [0.5, 0.6) is 0 Å². The molecule has 0 radical (unpaired) electrons. The number of carbonyl (C=O) groups excluding carboxylic acids is 1. The van der Waals surface area contributed by atoms with Gasteiger partial charge in [0.25, 0.3) is 0 Å². The van der Waals surface area contributed by atoms with E-state index in [0.29, 0.717) is 18.0 Å². The van der Waals surface area contributed by atoms with Crippen LogP contribution in [0.25, 0.3) is 0 Å². The molecular formula is C13H19N3O4S. The summed E-state index contributed by atoms with van der Waals surface area (Å²) in [5, 5.41) is 22.5. The Balaban J connectivity index is 1.86. The molecular weight excluding hydrogens is 294 g/mol. The van der Waals surface area contributed by atoms with Gasteiger partial charge in [0, 0.05) is 24.6 Å². The number of carbonyl (C=O) groups is 2. The first-order chi connectivity index (χ1) is 10.1. The number of urea groups is 1. The summed E-state index contributed by atoms with van der Waals surface area (Å²) in [6, 6.07) is 0.0719. The van der Waals surface area contributed by atoms with E-state index < -0.39 is 5.97 Å². The van der Waals surface area contributed by atoms with Crippen molar-refractivity contribution in [3.63, 3.8) is 0 Å². The van der Waals surface area contributed by atoms with E-state index in [4.69, 9.17) is 10.2 Å². The van der Waals surface area contributed by atoms with Gasteiger partial charge in [-0.15, -0.1) is 11.3 Å². The third-order valence-electron chi connectivity index (χ3n) is 3.50. The summed E-state index contributed by atoms with van der Waals surface area (Å²) in [6.07, 6.45) is 3.69. The van der Waals surface area contributed by atoms with E-state index in [-0.39, 0.29) is 30.9 Å². The minimum absolute atomic E-state index is 0.000350. The lowest BCUT2D eigenvalue weighted by Crippen LogP contribution is -2.49. The van der Waals surface area contributed by atoms with Gasteiger partial charge >= 0.3 is 12.0 Å². The van der Waals surface area contributed by atoms with E-state index in [0.717, 1.165) is 19.3 Å². The number of aromatic nitrogens is 1. The van der Waals surface area contributed by atoms with Crippen molar-refractivity contribution in [3.05, 3.63) is 16.1 Å². The second-order valence-corrected chi connectivity index (χ2v) is 5.89. The molecule has 1 fully saturated rings. The topological polar surface area (TPSA) is 103 Å². The number of hydrogen-bond acceptors (Lipinski definition) is 5. The predicted molar refractivity (Wildman–Crippen MR) is 77.4 cm³/mol. The van der Waals surface area contributed by atoms with Gasteiger partial charge in [0.2, 0.25) is 0 Å². The van der Waals surface area contributed by atoms with Crippen LogP contribution < -0.4 is 5.32 Å². The Bertz CT molecular complexity index is 501. The molecule has 3 N–H and O–H groups in total. The maximum Gasteiger partial charge on any atom is 0.355 e. The molecule has 0 aliphatic heterocycles. The first-order valence-corrected chi connectivity index (χ1v) is 7.83. The third kappa shape index (κ3) is 4.15. The number of aromatic carboxylic acids is 1. The molecule has 21 heavy (non-hydrogen) atoms. The van der Waals surface area contributed by atoms with Crippen LogP contribution >= 0.6 is 11.3 Å². The van der Waals surface area contributed by atoms with Gasteiger partial charge in [-0.2, -0.15) is 0 Å². The number of carboxylic acid groups (broad SMARTS) is 1. The van der Waals surface area contributed by atoms with Gasteiger partial charge in [-0.25, -0.2) is 14.6 Å². The summed E-state index contributed by atoms with van der Waals surface area (Å²) in [5.74, 6) is -1.07. The molecule has 1 aliphatic rings. The summed E-state index contributed by atoms with van der Waals surface area (Å²) in [5.41, 5.74) is 0.000350. The highest BCUT2D eigenvalue weighted by Gasteiger charge is 2.28. The molecule has 1 aromatic heterocycles. The van der Waals surface area contributed by atoms with E-state index in [1.165, 1.54) is 16.7 Å². The Kier molecular flexibility index (Phi) is 5.51. The van der Waals surface area contributed by atoms with Gasteiger partial charge in [0.15, 0.2) is 5.69 Å². The highest BCUT2D eigenvalue weighted by Crippen LogP contribution is 2.25. The number of nitrogens with zero attached hydrogens (tertiary/aromatic N) is 2. The average Bonchev–Trinajstić information content (AvgIpc) is 2.87. The van der Waals surface area contributed by atoms with Gasteiger partial charge in [-0.1, -0.05) is 0 Å². The van der Waals surface area contributed by atoms with Crippen molar-refractivity contribution in [2.45, 2.75) is 38.3 Å². The van der Waals surface area contributed by atoms with Crippen LogP contribution in [-0.4, -0.2) is 51.3 Å². The molecule has 0 aromatic carbocycles. The van der Waals surface area contributed by atoms with Crippen LogP contribution in [0.15, 0.2) is 5.38 Å². The number of carboxylic acids is 1. The van der Waals surface area contributed by atoms with E-state index in [2.05, 4.69) is 10.3 Å². The second-order valence-electron chi connectivity index (χ2n) is 4.95. The van der Waals surface area contributed by atoms with Crippen molar-refractivity contribution in [2.75, 3.05) is 13.2 Å². The quantitative estimate of drug-likeness (QED) is 0.704. The third-order valence-corrected chi connectivity index (χ3v) is 4.34. The monoisotopic (exact) mass is 313 g/mol. The van der Waals surface area contributed by atoms with Crippen molar-refractivity contribution >= 4 is 23.3 Å². The van der Waals surface area contributed by atoms with Gasteiger partial charge in [0.1, 0.15) is 5.01 Å².